The first-order valence-corrected chi connectivity index (χ1v) is 10.1. The molecule has 2 heterocycles. The molecule has 1 atom stereocenters. The fraction of sp³-hybridized carbons (Fsp3) is 0.524. The van der Waals surface area contributed by atoms with E-state index in [1.54, 1.807) is 6.20 Å². The molecule has 1 unspecified atom stereocenters. The first-order chi connectivity index (χ1) is 13.3. The molecule has 1 aliphatic rings. The number of nitrogens with zero attached hydrogens (tertiary/aromatic N) is 4. The summed E-state index contributed by atoms with van der Waals surface area (Å²) in [5.74, 6) is 0.848. The zero-order valence-corrected chi connectivity index (χ0v) is 19.3. The second-order valence-electron chi connectivity index (χ2n) is 7.05. The fourth-order valence-electron chi connectivity index (χ4n) is 3.85. The van der Waals surface area contributed by atoms with Crippen molar-refractivity contribution in [2.24, 2.45) is 4.99 Å². The molecule has 154 valence electrons. The second kappa shape index (κ2) is 12.1. The highest BCUT2D eigenvalue weighted by atomic mass is 127. The molecule has 0 bridgehead atoms. The Morgan fingerprint density at radius 3 is 2.86 bits per heavy atom. The van der Waals surface area contributed by atoms with Gasteiger partial charge in [-0.05, 0) is 37.4 Å². The topological polar surface area (TPSA) is 57.5 Å². The molecule has 0 spiro atoms. The summed E-state index contributed by atoms with van der Waals surface area (Å²) in [5.41, 5.74) is 2.34. The van der Waals surface area contributed by atoms with E-state index in [1.165, 1.54) is 37.8 Å². The quantitative estimate of drug-likeness (QED) is 0.351. The molecule has 1 aromatic heterocycles. The molecule has 6 nitrogen and oxygen atoms in total. The molecule has 0 radical (unpaired) electrons. The standard InChI is InChI=1S/C21H32N6.HI/c1-3-19-9-6-7-13-26(19)15-12-24-21(22-2)25-16-18-8-4-5-10-20(18)27-14-11-23-17-27;/h4-5,8,10-11,14,17,19H,3,6-7,9,12-13,15-16H2,1-2H3,(H2,22,24,25);1H. The molecule has 2 aromatic rings. The number of imidazole rings is 1. The third-order valence-electron chi connectivity index (χ3n) is 5.36. The van der Waals surface area contributed by atoms with Gasteiger partial charge in [0, 0.05) is 45.1 Å². The Hall–Kier alpha value is -1.61. The maximum Gasteiger partial charge on any atom is 0.191 e. The van der Waals surface area contributed by atoms with Crippen molar-refractivity contribution in [2.75, 3.05) is 26.7 Å². The maximum atomic E-state index is 4.37. The van der Waals surface area contributed by atoms with Crippen LogP contribution in [0.25, 0.3) is 5.69 Å². The highest BCUT2D eigenvalue weighted by Crippen LogP contribution is 2.18. The minimum Gasteiger partial charge on any atom is -0.355 e. The number of guanidine groups is 1. The van der Waals surface area contributed by atoms with Gasteiger partial charge in [0.05, 0.1) is 12.0 Å². The number of nitrogens with one attached hydrogen (secondary N) is 2. The van der Waals surface area contributed by atoms with Crippen molar-refractivity contribution >= 4 is 29.9 Å². The van der Waals surface area contributed by atoms with Crippen LogP contribution in [-0.2, 0) is 6.54 Å². The zero-order valence-electron chi connectivity index (χ0n) is 17.0. The molecule has 2 N–H and O–H groups in total. The van der Waals surface area contributed by atoms with Crippen molar-refractivity contribution in [3.63, 3.8) is 0 Å². The van der Waals surface area contributed by atoms with E-state index in [-0.39, 0.29) is 24.0 Å². The number of piperidine rings is 1. The zero-order chi connectivity index (χ0) is 18.9. The summed E-state index contributed by atoms with van der Waals surface area (Å²) in [6, 6.07) is 9.10. The van der Waals surface area contributed by atoms with Crippen molar-refractivity contribution in [2.45, 2.75) is 45.2 Å². The molecule has 3 rings (SSSR count). The average molecular weight is 496 g/mol. The summed E-state index contributed by atoms with van der Waals surface area (Å²) in [7, 11) is 1.83. The van der Waals surface area contributed by atoms with Gasteiger partial charge in [-0.15, -0.1) is 24.0 Å². The highest BCUT2D eigenvalue weighted by molar-refractivity contribution is 14.0. The van der Waals surface area contributed by atoms with E-state index in [4.69, 9.17) is 0 Å². The summed E-state index contributed by atoms with van der Waals surface area (Å²) in [5, 5.41) is 6.90. The van der Waals surface area contributed by atoms with Gasteiger partial charge in [0.1, 0.15) is 0 Å². The van der Waals surface area contributed by atoms with E-state index in [0.717, 1.165) is 37.3 Å². The predicted octanol–water partition coefficient (Wildman–Crippen LogP) is 3.42. The van der Waals surface area contributed by atoms with Crippen LogP contribution in [0.5, 0.6) is 0 Å². The van der Waals surface area contributed by atoms with Crippen LogP contribution in [-0.4, -0.2) is 53.1 Å². The molecular formula is C21H33IN6. The number of para-hydroxylation sites is 1. The Morgan fingerprint density at radius 2 is 2.11 bits per heavy atom. The smallest absolute Gasteiger partial charge is 0.191 e. The molecule has 1 saturated heterocycles. The lowest BCUT2D eigenvalue weighted by atomic mass is 10.0. The fourth-order valence-corrected chi connectivity index (χ4v) is 3.85. The van der Waals surface area contributed by atoms with Gasteiger partial charge in [0.25, 0.3) is 0 Å². The van der Waals surface area contributed by atoms with Gasteiger partial charge in [-0.2, -0.15) is 0 Å². The molecule has 1 aromatic carbocycles. The lowest BCUT2D eigenvalue weighted by molar-refractivity contribution is 0.147. The van der Waals surface area contributed by atoms with Crippen LogP contribution < -0.4 is 10.6 Å². The van der Waals surface area contributed by atoms with Crippen LogP contribution in [0.4, 0.5) is 0 Å². The molecular weight excluding hydrogens is 463 g/mol. The Morgan fingerprint density at radius 1 is 1.25 bits per heavy atom. The van der Waals surface area contributed by atoms with Crippen LogP contribution in [0, 0.1) is 0 Å². The van der Waals surface area contributed by atoms with E-state index >= 15 is 0 Å². The van der Waals surface area contributed by atoms with E-state index in [2.05, 4.69) is 56.7 Å². The van der Waals surface area contributed by atoms with E-state index in [9.17, 15) is 0 Å². The van der Waals surface area contributed by atoms with Gasteiger partial charge in [0.15, 0.2) is 5.96 Å². The third kappa shape index (κ3) is 6.20. The number of likely N-dealkylation sites (tertiary alicyclic amines) is 1. The summed E-state index contributed by atoms with van der Waals surface area (Å²) in [4.78, 5) is 11.1. The number of benzene rings is 1. The number of halogens is 1. The molecule has 1 fully saturated rings. The minimum absolute atomic E-state index is 0. The number of aromatic nitrogens is 2. The van der Waals surface area contributed by atoms with Crippen LogP contribution in [0.15, 0.2) is 48.0 Å². The van der Waals surface area contributed by atoms with E-state index in [1.807, 2.05) is 24.1 Å². The predicted molar refractivity (Wildman–Crippen MR) is 127 cm³/mol. The van der Waals surface area contributed by atoms with Gasteiger partial charge >= 0.3 is 0 Å². The molecule has 7 heteroatoms. The van der Waals surface area contributed by atoms with Crippen molar-refractivity contribution < 1.29 is 0 Å². The minimum atomic E-state index is 0. The molecule has 28 heavy (non-hydrogen) atoms. The SMILES string of the molecule is CCC1CCCCN1CCNC(=NC)NCc1ccccc1-n1ccnc1.I. The first-order valence-electron chi connectivity index (χ1n) is 10.1. The number of hydrogen-bond acceptors (Lipinski definition) is 3. The summed E-state index contributed by atoms with van der Waals surface area (Å²) in [6.07, 6.45) is 10.9. The number of hydrogen-bond donors (Lipinski definition) is 2. The van der Waals surface area contributed by atoms with E-state index < -0.39 is 0 Å². The van der Waals surface area contributed by atoms with Crippen molar-refractivity contribution in [3.8, 4) is 5.69 Å². The van der Waals surface area contributed by atoms with Gasteiger partial charge in [-0.3, -0.25) is 9.89 Å². The van der Waals surface area contributed by atoms with Gasteiger partial charge < -0.3 is 15.2 Å². The largest absolute Gasteiger partial charge is 0.355 e. The number of rotatable bonds is 7. The lowest BCUT2D eigenvalue weighted by Gasteiger charge is -2.35. The molecule has 1 aliphatic heterocycles. The number of aliphatic imine (C=N–C) groups is 1. The van der Waals surface area contributed by atoms with E-state index in [0.29, 0.717) is 0 Å². The Balaban J connectivity index is 0.00000280. The third-order valence-corrected chi connectivity index (χ3v) is 5.36. The normalized spacial score (nSPS) is 17.8. The second-order valence-corrected chi connectivity index (χ2v) is 7.05. The van der Waals surface area contributed by atoms with Crippen LogP contribution >= 0.6 is 24.0 Å². The van der Waals surface area contributed by atoms with Crippen molar-refractivity contribution in [1.29, 1.82) is 0 Å². The summed E-state index contributed by atoms with van der Waals surface area (Å²) >= 11 is 0. The molecule has 0 aliphatic carbocycles. The molecule has 0 saturated carbocycles. The maximum absolute atomic E-state index is 4.37. The Bertz CT molecular complexity index is 715. The average Bonchev–Trinajstić information content (AvgIpc) is 3.25. The van der Waals surface area contributed by atoms with Crippen LogP contribution in [0.2, 0.25) is 0 Å². The Kier molecular flexibility index (Phi) is 9.77. The monoisotopic (exact) mass is 496 g/mol. The van der Waals surface area contributed by atoms with Gasteiger partial charge in [-0.1, -0.05) is 31.5 Å². The van der Waals surface area contributed by atoms with Crippen LogP contribution in [0.3, 0.4) is 0 Å². The van der Waals surface area contributed by atoms with Crippen LogP contribution in [0.1, 0.15) is 38.2 Å². The van der Waals surface area contributed by atoms with Gasteiger partial charge in [-0.25, -0.2) is 4.98 Å². The Labute approximate surface area is 185 Å². The highest BCUT2D eigenvalue weighted by Gasteiger charge is 2.19. The van der Waals surface area contributed by atoms with Gasteiger partial charge in [0.2, 0.25) is 0 Å². The lowest BCUT2D eigenvalue weighted by Crippen LogP contribution is -2.45. The molecule has 0 amide bonds. The van der Waals surface area contributed by atoms with Crippen molar-refractivity contribution in [1.82, 2.24) is 25.1 Å². The van der Waals surface area contributed by atoms with Crippen molar-refractivity contribution in [3.05, 3.63) is 48.5 Å². The summed E-state index contributed by atoms with van der Waals surface area (Å²) < 4.78 is 2.04. The first kappa shape index (κ1) is 22.7. The summed E-state index contributed by atoms with van der Waals surface area (Å²) in [6.45, 7) is 6.23.